The van der Waals surface area contributed by atoms with Crippen LogP contribution in [0.3, 0.4) is 0 Å². The van der Waals surface area contributed by atoms with Gasteiger partial charge in [-0.1, -0.05) is 32.0 Å². The van der Waals surface area contributed by atoms with Crippen LogP contribution in [-0.4, -0.2) is 29.1 Å². The summed E-state index contributed by atoms with van der Waals surface area (Å²) in [6, 6.07) is 13.3. The van der Waals surface area contributed by atoms with Gasteiger partial charge in [-0.25, -0.2) is 4.39 Å². The van der Waals surface area contributed by atoms with Crippen LogP contribution in [-0.2, 0) is 6.54 Å². The fourth-order valence-electron chi connectivity index (χ4n) is 3.05. The van der Waals surface area contributed by atoms with Gasteiger partial charge in [0.1, 0.15) is 5.82 Å². The van der Waals surface area contributed by atoms with Crippen molar-refractivity contribution in [3.8, 4) is 0 Å². The van der Waals surface area contributed by atoms with E-state index < -0.39 is 0 Å². The molecule has 110 valence electrons. The van der Waals surface area contributed by atoms with Crippen LogP contribution in [0.4, 0.5) is 4.39 Å². The number of benzene rings is 2. The van der Waals surface area contributed by atoms with Gasteiger partial charge in [0.2, 0.25) is 0 Å². The third kappa shape index (κ3) is 2.54. The van der Waals surface area contributed by atoms with Crippen molar-refractivity contribution < 1.29 is 4.39 Å². The molecule has 0 bridgehead atoms. The van der Waals surface area contributed by atoms with Crippen molar-refractivity contribution in [3.05, 3.63) is 48.3 Å². The summed E-state index contributed by atoms with van der Waals surface area (Å²) in [6.07, 6.45) is 0. The molecule has 21 heavy (non-hydrogen) atoms. The second-order valence-corrected chi connectivity index (χ2v) is 5.36. The van der Waals surface area contributed by atoms with E-state index in [1.807, 2.05) is 18.2 Å². The number of halogens is 1. The number of likely N-dealkylation sites (N-methyl/N-ethyl adjacent to an activating group) is 1. The maximum Gasteiger partial charge on any atom is 0.123 e. The van der Waals surface area contributed by atoms with Crippen molar-refractivity contribution in [2.45, 2.75) is 20.4 Å². The van der Waals surface area contributed by atoms with Gasteiger partial charge in [-0.3, -0.25) is 0 Å². The SMILES string of the molecule is CCN(CC)CCn1c2ccccc2c2cc(F)ccc21. The van der Waals surface area contributed by atoms with Crippen LogP contribution >= 0.6 is 0 Å². The highest BCUT2D eigenvalue weighted by Gasteiger charge is 2.11. The highest BCUT2D eigenvalue weighted by atomic mass is 19.1. The highest BCUT2D eigenvalue weighted by Crippen LogP contribution is 2.29. The minimum atomic E-state index is -0.172. The fourth-order valence-corrected chi connectivity index (χ4v) is 3.05. The fraction of sp³-hybridized carbons (Fsp3) is 0.333. The molecule has 2 aromatic carbocycles. The monoisotopic (exact) mass is 284 g/mol. The zero-order valence-electron chi connectivity index (χ0n) is 12.6. The summed E-state index contributed by atoms with van der Waals surface area (Å²) in [4.78, 5) is 2.41. The number of aromatic nitrogens is 1. The number of para-hydroxylation sites is 1. The van der Waals surface area contributed by atoms with Gasteiger partial charge in [0, 0.05) is 34.9 Å². The molecule has 3 rings (SSSR count). The lowest BCUT2D eigenvalue weighted by atomic mass is 10.1. The van der Waals surface area contributed by atoms with E-state index in [0.717, 1.165) is 42.5 Å². The number of hydrogen-bond acceptors (Lipinski definition) is 1. The molecule has 1 heterocycles. The van der Waals surface area contributed by atoms with E-state index in [0.29, 0.717) is 0 Å². The lowest BCUT2D eigenvalue weighted by Gasteiger charge is -2.19. The molecule has 0 aliphatic carbocycles. The van der Waals surface area contributed by atoms with Crippen LogP contribution in [0.15, 0.2) is 42.5 Å². The lowest BCUT2D eigenvalue weighted by molar-refractivity contribution is 0.293. The zero-order chi connectivity index (χ0) is 14.8. The van der Waals surface area contributed by atoms with Gasteiger partial charge in [-0.15, -0.1) is 0 Å². The Bertz CT molecular complexity index is 756. The molecular formula is C18H21FN2. The summed E-state index contributed by atoms with van der Waals surface area (Å²) in [5, 5.41) is 2.14. The van der Waals surface area contributed by atoms with Gasteiger partial charge in [0.05, 0.1) is 0 Å². The predicted molar refractivity (Wildman–Crippen MR) is 87.2 cm³/mol. The molecule has 3 heteroatoms. The molecule has 0 radical (unpaired) electrons. The molecule has 0 amide bonds. The Labute approximate surface area is 124 Å². The Hall–Kier alpha value is -1.87. The average molecular weight is 284 g/mol. The first-order chi connectivity index (χ1) is 10.2. The van der Waals surface area contributed by atoms with Crippen LogP contribution in [0.5, 0.6) is 0 Å². The Morgan fingerprint density at radius 2 is 1.67 bits per heavy atom. The molecule has 0 spiro atoms. The van der Waals surface area contributed by atoms with E-state index in [1.165, 1.54) is 5.52 Å². The summed E-state index contributed by atoms with van der Waals surface area (Å²) < 4.78 is 15.9. The molecular weight excluding hydrogens is 263 g/mol. The van der Waals surface area contributed by atoms with Gasteiger partial charge in [-0.2, -0.15) is 0 Å². The van der Waals surface area contributed by atoms with Gasteiger partial charge in [-0.05, 0) is 37.4 Å². The first kappa shape index (κ1) is 14.1. The zero-order valence-corrected chi connectivity index (χ0v) is 12.6. The van der Waals surface area contributed by atoms with Gasteiger partial charge >= 0.3 is 0 Å². The van der Waals surface area contributed by atoms with Crippen LogP contribution < -0.4 is 0 Å². The molecule has 0 unspecified atom stereocenters. The number of fused-ring (bicyclic) bond motifs is 3. The van der Waals surface area contributed by atoms with Crippen molar-refractivity contribution in [3.63, 3.8) is 0 Å². The van der Waals surface area contributed by atoms with E-state index >= 15 is 0 Å². The average Bonchev–Trinajstić information content (AvgIpc) is 2.82. The maximum atomic E-state index is 13.6. The van der Waals surface area contributed by atoms with Crippen molar-refractivity contribution in [1.82, 2.24) is 9.47 Å². The van der Waals surface area contributed by atoms with Crippen LogP contribution in [0.1, 0.15) is 13.8 Å². The Kier molecular flexibility index (Phi) is 3.93. The summed E-state index contributed by atoms with van der Waals surface area (Å²) in [5.41, 5.74) is 2.30. The molecule has 0 aliphatic heterocycles. The molecule has 3 aromatic rings. The molecule has 0 atom stereocenters. The van der Waals surface area contributed by atoms with Crippen LogP contribution in [0.2, 0.25) is 0 Å². The third-order valence-electron chi connectivity index (χ3n) is 4.27. The topological polar surface area (TPSA) is 8.17 Å². The van der Waals surface area contributed by atoms with Gasteiger partial charge in [0.15, 0.2) is 0 Å². The molecule has 0 saturated carbocycles. The minimum absolute atomic E-state index is 0.172. The molecule has 0 fully saturated rings. The number of hydrogen-bond donors (Lipinski definition) is 0. The number of rotatable bonds is 5. The van der Waals surface area contributed by atoms with Crippen LogP contribution in [0.25, 0.3) is 21.8 Å². The van der Waals surface area contributed by atoms with Gasteiger partial charge < -0.3 is 9.47 Å². The largest absolute Gasteiger partial charge is 0.339 e. The minimum Gasteiger partial charge on any atom is -0.339 e. The van der Waals surface area contributed by atoms with E-state index in [1.54, 1.807) is 12.1 Å². The second-order valence-electron chi connectivity index (χ2n) is 5.36. The molecule has 0 aliphatic rings. The Morgan fingerprint density at radius 1 is 0.952 bits per heavy atom. The standard InChI is InChI=1S/C18H21FN2/c1-3-20(4-2)11-12-21-17-8-6-5-7-15(17)16-13-14(19)9-10-18(16)21/h5-10,13H,3-4,11-12H2,1-2H3. The van der Waals surface area contributed by atoms with E-state index in [9.17, 15) is 4.39 Å². The van der Waals surface area contributed by atoms with Crippen LogP contribution in [0, 0.1) is 5.82 Å². The summed E-state index contributed by atoms with van der Waals surface area (Å²) >= 11 is 0. The predicted octanol–water partition coefficient (Wildman–Crippen LogP) is 4.28. The smallest absolute Gasteiger partial charge is 0.123 e. The first-order valence-corrected chi connectivity index (χ1v) is 7.63. The Balaban J connectivity index is 2.10. The molecule has 0 saturated heterocycles. The van der Waals surface area contributed by atoms with E-state index in [2.05, 4.69) is 35.4 Å². The van der Waals surface area contributed by atoms with Crippen molar-refractivity contribution >= 4 is 21.8 Å². The summed E-state index contributed by atoms with van der Waals surface area (Å²) in [5.74, 6) is -0.172. The Morgan fingerprint density at radius 3 is 2.43 bits per heavy atom. The van der Waals surface area contributed by atoms with Crippen molar-refractivity contribution in [2.75, 3.05) is 19.6 Å². The summed E-state index contributed by atoms with van der Waals surface area (Å²) in [7, 11) is 0. The molecule has 1 aromatic heterocycles. The highest BCUT2D eigenvalue weighted by molar-refractivity contribution is 6.07. The first-order valence-electron chi connectivity index (χ1n) is 7.63. The van der Waals surface area contributed by atoms with E-state index in [4.69, 9.17) is 0 Å². The van der Waals surface area contributed by atoms with Crippen molar-refractivity contribution in [2.24, 2.45) is 0 Å². The van der Waals surface area contributed by atoms with Crippen molar-refractivity contribution in [1.29, 1.82) is 0 Å². The quantitative estimate of drug-likeness (QED) is 0.679. The normalized spacial score (nSPS) is 11.8. The molecule has 0 N–H and O–H groups in total. The number of nitrogens with zero attached hydrogens (tertiary/aromatic N) is 2. The third-order valence-corrected chi connectivity index (χ3v) is 4.27. The maximum absolute atomic E-state index is 13.6. The second kappa shape index (κ2) is 5.86. The lowest BCUT2D eigenvalue weighted by Crippen LogP contribution is -2.26. The summed E-state index contributed by atoms with van der Waals surface area (Å²) in [6.45, 7) is 8.43. The molecule has 2 nitrogen and oxygen atoms in total. The van der Waals surface area contributed by atoms with Gasteiger partial charge in [0.25, 0.3) is 0 Å². The van der Waals surface area contributed by atoms with E-state index in [-0.39, 0.29) is 5.82 Å².